The second-order valence-electron chi connectivity index (χ2n) is 5.89. The van der Waals surface area contributed by atoms with E-state index < -0.39 is 11.6 Å². The summed E-state index contributed by atoms with van der Waals surface area (Å²) in [5.74, 6) is -1.57. The van der Waals surface area contributed by atoms with Gasteiger partial charge in [0.1, 0.15) is 0 Å². The number of benzene rings is 1. The van der Waals surface area contributed by atoms with Gasteiger partial charge in [-0.2, -0.15) is 0 Å². The summed E-state index contributed by atoms with van der Waals surface area (Å²) in [6, 6.07) is 7.58. The molecule has 1 aliphatic heterocycles. The van der Waals surface area contributed by atoms with Crippen molar-refractivity contribution in [3.63, 3.8) is 0 Å². The minimum absolute atomic E-state index is 0.105. The van der Waals surface area contributed by atoms with Crippen LogP contribution < -0.4 is 0 Å². The fraction of sp³-hybridized carbons (Fsp3) is 0.263. The topological polar surface area (TPSA) is 33.2 Å². The molecule has 1 aliphatic rings. The van der Waals surface area contributed by atoms with E-state index in [4.69, 9.17) is 0 Å². The van der Waals surface area contributed by atoms with E-state index >= 15 is 0 Å². The number of hydrogen-bond acceptors (Lipinski definition) is 2. The Hall–Kier alpha value is -2.56. The lowest BCUT2D eigenvalue weighted by molar-refractivity contribution is -0.130. The molecule has 0 spiro atoms. The van der Waals surface area contributed by atoms with Gasteiger partial charge in [0.25, 0.3) is 0 Å². The molecule has 5 heteroatoms. The third kappa shape index (κ3) is 4.04. The second-order valence-corrected chi connectivity index (χ2v) is 5.89. The van der Waals surface area contributed by atoms with Crippen molar-refractivity contribution in [3.05, 3.63) is 71.1 Å². The molecule has 124 valence electrons. The maximum Gasteiger partial charge on any atom is 0.227 e. The Balaban J connectivity index is 1.58. The predicted molar refractivity (Wildman–Crippen MR) is 88.1 cm³/mol. The number of likely N-dealkylation sites (tertiary alicyclic amines) is 1. The molecule has 0 unspecified atom stereocenters. The average Bonchev–Trinajstić information content (AvgIpc) is 2.60. The highest BCUT2D eigenvalue weighted by molar-refractivity contribution is 5.79. The molecule has 2 heterocycles. The monoisotopic (exact) mass is 328 g/mol. The lowest BCUT2D eigenvalue weighted by Crippen LogP contribution is -2.37. The van der Waals surface area contributed by atoms with E-state index in [-0.39, 0.29) is 5.91 Å². The van der Waals surface area contributed by atoms with Crippen molar-refractivity contribution in [1.82, 2.24) is 9.88 Å². The van der Waals surface area contributed by atoms with Crippen LogP contribution in [0, 0.1) is 11.6 Å². The van der Waals surface area contributed by atoms with Gasteiger partial charge in [-0.15, -0.1) is 0 Å². The van der Waals surface area contributed by atoms with Crippen LogP contribution in [0.1, 0.15) is 24.0 Å². The normalized spacial score (nSPS) is 14.6. The number of halogens is 2. The molecule has 1 aromatic heterocycles. The number of pyridine rings is 1. The number of carbonyl (C=O) groups excluding carboxylic acids is 1. The van der Waals surface area contributed by atoms with Gasteiger partial charge >= 0.3 is 0 Å². The van der Waals surface area contributed by atoms with Crippen LogP contribution in [-0.2, 0) is 11.2 Å². The first kappa shape index (κ1) is 16.3. The van der Waals surface area contributed by atoms with Gasteiger partial charge in [0.15, 0.2) is 11.6 Å². The molecule has 0 N–H and O–H groups in total. The first-order chi connectivity index (χ1) is 11.6. The highest BCUT2D eigenvalue weighted by Gasteiger charge is 2.19. The Morgan fingerprint density at radius 2 is 1.79 bits per heavy atom. The van der Waals surface area contributed by atoms with Crippen molar-refractivity contribution in [2.45, 2.75) is 19.3 Å². The van der Waals surface area contributed by atoms with Gasteiger partial charge in [-0.3, -0.25) is 9.78 Å². The largest absolute Gasteiger partial charge is 0.342 e. The van der Waals surface area contributed by atoms with Crippen LogP contribution in [0.2, 0.25) is 0 Å². The van der Waals surface area contributed by atoms with E-state index in [2.05, 4.69) is 4.98 Å². The lowest BCUT2D eigenvalue weighted by atomic mass is 10.00. The SMILES string of the molecule is O=C(Cc1ccncc1)N1CCC(=Cc2ccc(F)c(F)c2)CC1. The summed E-state index contributed by atoms with van der Waals surface area (Å²) in [5, 5.41) is 0. The zero-order chi connectivity index (χ0) is 16.9. The van der Waals surface area contributed by atoms with Crippen molar-refractivity contribution >= 4 is 12.0 Å². The first-order valence-corrected chi connectivity index (χ1v) is 7.93. The van der Waals surface area contributed by atoms with Crippen LogP contribution in [0.4, 0.5) is 8.78 Å². The molecule has 1 amide bonds. The van der Waals surface area contributed by atoms with Crippen LogP contribution in [0.15, 0.2) is 48.3 Å². The average molecular weight is 328 g/mol. The number of amides is 1. The molecular weight excluding hydrogens is 310 g/mol. The minimum atomic E-state index is -0.839. The van der Waals surface area contributed by atoms with Crippen molar-refractivity contribution in [3.8, 4) is 0 Å². The molecule has 1 aromatic carbocycles. The molecular formula is C19H18F2N2O. The van der Waals surface area contributed by atoms with Crippen molar-refractivity contribution in [2.24, 2.45) is 0 Å². The van der Waals surface area contributed by atoms with Crippen LogP contribution in [-0.4, -0.2) is 28.9 Å². The van der Waals surface area contributed by atoms with Gasteiger partial charge in [0.05, 0.1) is 6.42 Å². The van der Waals surface area contributed by atoms with Gasteiger partial charge in [0, 0.05) is 25.5 Å². The Morgan fingerprint density at radius 1 is 1.08 bits per heavy atom. The number of rotatable bonds is 3. The van der Waals surface area contributed by atoms with Crippen molar-refractivity contribution in [2.75, 3.05) is 13.1 Å². The van der Waals surface area contributed by atoms with E-state index in [0.29, 0.717) is 25.1 Å². The maximum absolute atomic E-state index is 13.2. The van der Waals surface area contributed by atoms with Crippen LogP contribution in [0.3, 0.4) is 0 Å². The molecule has 0 bridgehead atoms. The van der Waals surface area contributed by atoms with Gasteiger partial charge in [-0.1, -0.05) is 17.7 Å². The quantitative estimate of drug-likeness (QED) is 0.862. The predicted octanol–water partition coefficient (Wildman–Crippen LogP) is 3.61. The van der Waals surface area contributed by atoms with E-state index in [1.165, 1.54) is 6.07 Å². The van der Waals surface area contributed by atoms with Gasteiger partial charge in [-0.25, -0.2) is 8.78 Å². The molecule has 2 aromatic rings. The molecule has 24 heavy (non-hydrogen) atoms. The summed E-state index contributed by atoms with van der Waals surface area (Å²) in [6.07, 6.45) is 7.13. The number of hydrogen-bond donors (Lipinski definition) is 0. The summed E-state index contributed by atoms with van der Waals surface area (Å²) in [6.45, 7) is 1.30. The second kappa shape index (κ2) is 7.34. The molecule has 1 saturated heterocycles. The fourth-order valence-corrected chi connectivity index (χ4v) is 2.81. The Labute approximate surface area is 139 Å². The van der Waals surface area contributed by atoms with E-state index in [1.54, 1.807) is 18.5 Å². The van der Waals surface area contributed by atoms with Crippen LogP contribution >= 0.6 is 0 Å². The third-order valence-electron chi connectivity index (χ3n) is 4.18. The van der Waals surface area contributed by atoms with Crippen molar-refractivity contribution in [1.29, 1.82) is 0 Å². The molecule has 0 atom stereocenters. The zero-order valence-electron chi connectivity index (χ0n) is 13.2. The first-order valence-electron chi connectivity index (χ1n) is 7.93. The Morgan fingerprint density at radius 3 is 2.46 bits per heavy atom. The lowest BCUT2D eigenvalue weighted by Gasteiger charge is -2.28. The summed E-state index contributed by atoms with van der Waals surface area (Å²) in [7, 11) is 0. The number of carbonyl (C=O) groups is 1. The number of nitrogens with zero attached hydrogens (tertiary/aromatic N) is 2. The molecule has 3 nitrogen and oxygen atoms in total. The highest BCUT2D eigenvalue weighted by atomic mass is 19.2. The number of aromatic nitrogens is 1. The molecule has 3 rings (SSSR count). The fourth-order valence-electron chi connectivity index (χ4n) is 2.81. The van der Waals surface area contributed by atoms with Gasteiger partial charge < -0.3 is 4.90 Å². The van der Waals surface area contributed by atoms with E-state index in [0.717, 1.165) is 30.0 Å². The molecule has 1 fully saturated rings. The molecule has 0 aliphatic carbocycles. The Bertz CT molecular complexity index is 749. The van der Waals surface area contributed by atoms with Crippen LogP contribution in [0.25, 0.3) is 6.08 Å². The highest BCUT2D eigenvalue weighted by Crippen LogP contribution is 2.21. The molecule has 0 saturated carbocycles. The van der Waals surface area contributed by atoms with Gasteiger partial charge in [-0.05, 0) is 48.2 Å². The summed E-state index contributed by atoms with van der Waals surface area (Å²) in [4.78, 5) is 18.1. The zero-order valence-corrected chi connectivity index (χ0v) is 13.2. The van der Waals surface area contributed by atoms with E-state index in [9.17, 15) is 13.6 Å². The standard InChI is InChI=1S/C19H18F2N2O/c20-17-2-1-16(12-18(17)21)11-15-5-9-23(10-6-15)19(24)13-14-3-7-22-8-4-14/h1-4,7-8,11-12H,5-6,9-10,13H2. The summed E-state index contributed by atoms with van der Waals surface area (Å²) in [5.41, 5.74) is 2.76. The summed E-state index contributed by atoms with van der Waals surface area (Å²) < 4.78 is 26.2. The third-order valence-corrected chi connectivity index (χ3v) is 4.18. The molecule has 0 radical (unpaired) electrons. The van der Waals surface area contributed by atoms with Crippen molar-refractivity contribution < 1.29 is 13.6 Å². The van der Waals surface area contributed by atoms with E-state index in [1.807, 2.05) is 23.1 Å². The van der Waals surface area contributed by atoms with Crippen LogP contribution in [0.5, 0.6) is 0 Å². The number of piperidine rings is 1. The minimum Gasteiger partial charge on any atom is -0.342 e. The summed E-state index contributed by atoms with van der Waals surface area (Å²) >= 11 is 0. The van der Waals surface area contributed by atoms with Gasteiger partial charge in [0.2, 0.25) is 5.91 Å². The maximum atomic E-state index is 13.2. The Kier molecular flexibility index (Phi) is 4.99. The smallest absolute Gasteiger partial charge is 0.227 e.